The van der Waals surface area contributed by atoms with E-state index in [1.165, 1.54) is 44.9 Å². The number of carboxylic acids is 1. The van der Waals surface area contributed by atoms with Crippen molar-refractivity contribution in [1.29, 1.82) is 0 Å². The number of esters is 2. The summed E-state index contributed by atoms with van der Waals surface area (Å²) in [6.07, 6.45) is 17.0. The first-order valence-corrected chi connectivity index (χ1v) is 13.0. The average Bonchev–Trinajstić information content (AvgIpc) is 3.09. The normalized spacial score (nSPS) is 19.4. The van der Waals surface area contributed by atoms with Gasteiger partial charge in [-0.15, -0.1) is 0 Å². The van der Waals surface area contributed by atoms with Crippen LogP contribution in [0.4, 0.5) is 0 Å². The molecule has 1 atom stereocenters. The predicted molar refractivity (Wildman–Crippen MR) is 131 cm³/mol. The maximum Gasteiger partial charge on any atom is 0.334 e. The van der Waals surface area contributed by atoms with E-state index in [4.69, 9.17) is 14.6 Å². The molecule has 1 fully saturated rings. The molecule has 0 aliphatic carbocycles. The van der Waals surface area contributed by atoms with Crippen molar-refractivity contribution in [1.82, 2.24) is 0 Å². The van der Waals surface area contributed by atoms with Crippen LogP contribution in [0.2, 0.25) is 0 Å². The molecule has 1 rings (SSSR count). The van der Waals surface area contributed by atoms with E-state index in [-0.39, 0.29) is 25.6 Å². The highest BCUT2D eigenvalue weighted by Gasteiger charge is 2.45. The molecule has 1 aliphatic rings. The molecule has 0 saturated carbocycles. The van der Waals surface area contributed by atoms with Gasteiger partial charge in [-0.2, -0.15) is 0 Å². The van der Waals surface area contributed by atoms with Gasteiger partial charge in [-0.3, -0.25) is 9.59 Å². The molecule has 0 spiro atoms. The molecule has 0 aromatic carbocycles. The lowest BCUT2D eigenvalue weighted by Crippen LogP contribution is -2.40. The summed E-state index contributed by atoms with van der Waals surface area (Å²) >= 11 is 0. The van der Waals surface area contributed by atoms with Crippen LogP contribution in [0, 0.1) is 5.41 Å². The molecule has 0 aromatic rings. The van der Waals surface area contributed by atoms with Crippen LogP contribution in [0.25, 0.3) is 0 Å². The van der Waals surface area contributed by atoms with Gasteiger partial charge in [-0.05, 0) is 40.0 Å². The molecule has 7 nitrogen and oxygen atoms in total. The second-order valence-electron chi connectivity index (χ2n) is 10.6. The van der Waals surface area contributed by atoms with Crippen molar-refractivity contribution in [3.63, 3.8) is 0 Å². The summed E-state index contributed by atoms with van der Waals surface area (Å²) in [5.74, 6) is -1.51. The number of ether oxygens (including phenoxy) is 2. The van der Waals surface area contributed by atoms with Crippen molar-refractivity contribution in [3.05, 3.63) is 11.6 Å². The fourth-order valence-electron chi connectivity index (χ4n) is 3.97. The lowest BCUT2D eigenvalue weighted by molar-refractivity contribution is -0.171. The molecule has 1 aliphatic heterocycles. The fraction of sp³-hybridized carbons (Fsp3) is 0.815. The zero-order chi connectivity index (χ0) is 25.5. The number of aliphatic carboxylic acids is 1. The smallest absolute Gasteiger partial charge is 0.334 e. The van der Waals surface area contributed by atoms with Gasteiger partial charge in [0.15, 0.2) is 5.60 Å². The number of allylic oxidation sites excluding steroid dienone is 1. The topological polar surface area (TPSA) is 110 Å². The summed E-state index contributed by atoms with van der Waals surface area (Å²) in [7, 11) is 0. The first-order valence-electron chi connectivity index (χ1n) is 13.0. The molecule has 196 valence electrons. The number of carbonyl (C=O) groups excluding carboxylic acids is 2. The molecule has 0 amide bonds. The Bertz CT molecular complexity index is 662. The number of cyclic esters (lactones) is 1. The molecule has 0 aromatic heterocycles. The Balaban J connectivity index is 2.10. The number of aliphatic hydroxyl groups is 1. The Morgan fingerprint density at radius 3 is 1.91 bits per heavy atom. The van der Waals surface area contributed by atoms with Gasteiger partial charge in [-0.1, -0.05) is 70.3 Å². The van der Waals surface area contributed by atoms with Gasteiger partial charge >= 0.3 is 17.9 Å². The largest absolute Gasteiger partial charge is 0.481 e. The minimum atomic E-state index is -1.16. The third kappa shape index (κ3) is 12.5. The summed E-state index contributed by atoms with van der Waals surface area (Å²) in [6, 6.07) is 0. The summed E-state index contributed by atoms with van der Waals surface area (Å²) in [5, 5.41) is 18.4. The van der Waals surface area contributed by atoms with E-state index in [2.05, 4.69) is 0 Å². The standard InChI is InChI=1S/C27H46O7/c1-26(2,3)25(32)33-21-27(20-28)19-22(24(31)34-27)17-15-13-11-9-7-5-4-6-8-10-12-14-16-18-23(29)30/h17,28H,4-16,18-21H2,1-3H3,(H,29,30)/b22-17+. The highest BCUT2D eigenvalue weighted by Crippen LogP contribution is 2.32. The van der Waals surface area contributed by atoms with E-state index in [0.717, 1.165) is 38.5 Å². The monoisotopic (exact) mass is 482 g/mol. The number of hydrogen-bond acceptors (Lipinski definition) is 6. The molecular weight excluding hydrogens is 436 g/mol. The molecule has 1 saturated heterocycles. The molecule has 2 N–H and O–H groups in total. The van der Waals surface area contributed by atoms with Crippen LogP contribution in [0.15, 0.2) is 11.6 Å². The summed E-state index contributed by atoms with van der Waals surface area (Å²) in [6.45, 7) is 4.75. The zero-order valence-corrected chi connectivity index (χ0v) is 21.5. The Morgan fingerprint density at radius 2 is 1.44 bits per heavy atom. The number of carboxylic acid groups (broad SMARTS) is 1. The maximum absolute atomic E-state index is 12.2. The van der Waals surface area contributed by atoms with Gasteiger partial charge in [0.1, 0.15) is 6.61 Å². The molecule has 1 unspecified atom stereocenters. The highest BCUT2D eigenvalue weighted by atomic mass is 16.6. The maximum atomic E-state index is 12.2. The van der Waals surface area contributed by atoms with Gasteiger partial charge in [0.05, 0.1) is 12.0 Å². The Kier molecular flexibility index (Phi) is 14.1. The fourth-order valence-corrected chi connectivity index (χ4v) is 3.97. The highest BCUT2D eigenvalue weighted by molar-refractivity contribution is 5.91. The van der Waals surface area contributed by atoms with Crippen LogP contribution >= 0.6 is 0 Å². The van der Waals surface area contributed by atoms with E-state index in [9.17, 15) is 19.5 Å². The SMILES string of the molecule is CC(C)(C)C(=O)OCC1(CO)C/C(=C\CCCCCCCCCCCCCCC(=O)O)C(=O)O1. The number of unbranched alkanes of at least 4 members (excludes halogenated alkanes) is 12. The van der Waals surface area contributed by atoms with Crippen LogP contribution in [-0.2, 0) is 23.9 Å². The third-order valence-electron chi connectivity index (χ3n) is 6.19. The van der Waals surface area contributed by atoms with E-state index in [1.54, 1.807) is 20.8 Å². The van der Waals surface area contributed by atoms with Crippen molar-refractivity contribution in [2.75, 3.05) is 13.2 Å². The lowest BCUT2D eigenvalue weighted by Gasteiger charge is -2.26. The van der Waals surface area contributed by atoms with Gasteiger partial charge in [-0.25, -0.2) is 4.79 Å². The summed E-state index contributed by atoms with van der Waals surface area (Å²) < 4.78 is 10.7. The average molecular weight is 483 g/mol. The molecule has 34 heavy (non-hydrogen) atoms. The van der Waals surface area contributed by atoms with Crippen molar-refractivity contribution in [2.24, 2.45) is 5.41 Å². The van der Waals surface area contributed by atoms with Crippen LogP contribution < -0.4 is 0 Å². The predicted octanol–water partition coefficient (Wildman–Crippen LogP) is 5.73. The molecular formula is C27H46O7. The lowest BCUT2D eigenvalue weighted by atomic mass is 9.96. The van der Waals surface area contributed by atoms with Crippen molar-refractivity contribution < 1.29 is 34.1 Å². The second-order valence-corrected chi connectivity index (χ2v) is 10.6. The van der Waals surface area contributed by atoms with Crippen LogP contribution in [0.1, 0.15) is 117 Å². The Hall–Kier alpha value is -1.89. The molecule has 7 heteroatoms. The summed E-state index contributed by atoms with van der Waals surface area (Å²) in [4.78, 5) is 34.7. The van der Waals surface area contributed by atoms with Gasteiger partial charge in [0.25, 0.3) is 0 Å². The van der Waals surface area contributed by atoms with Crippen molar-refractivity contribution in [2.45, 2.75) is 123 Å². The first kappa shape index (κ1) is 30.1. The minimum absolute atomic E-state index is 0.132. The van der Waals surface area contributed by atoms with E-state index in [1.807, 2.05) is 6.08 Å². The minimum Gasteiger partial charge on any atom is -0.481 e. The zero-order valence-electron chi connectivity index (χ0n) is 21.5. The molecule has 1 heterocycles. The van der Waals surface area contributed by atoms with Gasteiger partial charge < -0.3 is 19.7 Å². The number of aliphatic hydroxyl groups excluding tert-OH is 1. The van der Waals surface area contributed by atoms with Crippen LogP contribution in [0.3, 0.4) is 0 Å². The third-order valence-corrected chi connectivity index (χ3v) is 6.19. The van der Waals surface area contributed by atoms with Crippen LogP contribution in [0.5, 0.6) is 0 Å². The van der Waals surface area contributed by atoms with Crippen molar-refractivity contribution >= 4 is 17.9 Å². The molecule has 0 bridgehead atoms. The number of rotatable bonds is 18. The Morgan fingerprint density at radius 1 is 0.941 bits per heavy atom. The first-order chi connectivity index (χ1) is 16.1. The van der Waals surface area contributed by atoms with Gasteiger partial charge in [0.2, 0.25) is 0 Å². The van der Waals surface area contributed by atoms with E-state index < -0.39 is 23.0 Å². The quantitative estimate of drug-likeness (QED) is 0.146. The van der Waals surface area contributed by atoms with E-state index in [0.29, 0.717) is 12.0 Å². The molecule has 0 radical (unpaired) electrons. The van der Waals surface area contributed by atoms with Crippen LogP contribution in [-0.4, -0.2) is 46.9 Å². The Labute approximate surface area is 205 Å². The number of carbonyl (C=O) groups is 3. The number of hydrogen-bond donors (Lipinski definition) is 2. The van der Waals surface area contributed by atoms with E-state index >= 15 is 0 Å². The second kappa shape index (κ2) is 15.9. The van der Waals surface area contributed by atoms with Gasteiger partial charge in [0, 0.05) is 18.4 Å². The van der Waals surface area contributed by atoms with Crippen molar-refractivity contribution in [3.8, 4) is 0 Å². The summed E-state index contributed by atoms with van der Waals surface area (Å²) in [5.41, 5.74) is -1.26.